The molecule has 5 aliphatic rings. The van der Waals surface area contributed by atoms with E-state index < -0.39 is 23.5 Å². The van der Waals surface area contributed by atoms with Crippen LogP contribution in [0.25, 0.3) is 11.1 Å². The zero-order valence-corrected chi connectivity index (χ0v) is 23.4. The van der Waals surface area contributed by atoms with Crippen LogP contribution in [-0.4, -0.2) is 70.7 Å². The van der Waals surface area contributed by atoms with Crippen LogP contribution < -0.4 is 5.32 Å². The molecule has 3 aromatic rings. The van der Waals surface area contributed by atoms with Crippen molar-refractivity contribution in [3.05, 3.63) is 95.6 Å². The van der Waals surface area contributed by atoms with Crippen molar-refractivity contribution in [2.75, 3.05) is 26.2 Å². The minimum Gasteiger partial charge on any atom is -0.481 e. The second-order valence-electron chi connectivity index (χ2n) is 12.2. The molecular formula is C34H35N3O5. The summed E-state index contributed by atoms with van der Waals surface area (Å²) in [6, 6.07) is 26.3. The van der Waals surface area contributed by atoms with E-state index in [4.69, 9.17) is 4.74 Å². The predicted octanol–water partition coefficient (Wildman–Crippen LogP) is 4.49. The molecule has 3 saturated heterocycles. The fourth-order valence-corrected chi connectivity index (χ4v) is 7.65. The van der Waals surface area contributed by atoms with Crippen LogP contribution in [0, 0.1) is 11.8 Å². The summed E-state index contributed by atoms with van der Waals surface area (Å²) >= 11 is 0. The lowest BCUT2D eigenvalue weighted by molar-refractivity contribution is -0.150. The molecular weight excluding hydrogens is 530 g/mol. The van der Waals surface area contributed by atoms with Crippen LogP contribution in [0.4, 0.5) is 4.79 Å². The number of piperidine rings is 1. The van der Waals surface area contributed by atoms with Crippen LogP contribution in [0.15, 0.2) is 78.9 Å². The van der Waals surface area contributed by atoms with Gasteiger partial charge >= 0.3 is 12.1 Å². The Kier molecular flexibility index (Phi) is 6.73. The molecule has 0 spiro atoms. The third-order valence-corrected chi connectivity index (χ3v) is 9.90. The molecule has 0 radical (unpaired) electrons. The number of ether oxygens (including phenoxy) is 1. The van der Waals surface area contributed by atoms with Crippen LogP contribution >= 0.6 is 0 Å². The van der Waals surface area contributed by atoms with Gasteiger partial charge in [0.2, 0.25) is 5.91 Å². The van der Waals surface area contributed by atoms with Gasteiger partial charge in [-0.2, -0.15) is 0 Å². The van der Waals surface area contributed by atoms with Crippen molar-refractivity contribution < 1.29 is 24.2 Å². The minimum absolute atomic E-state index is 0.0128. The van der Waals surface area contributed by atoms with Gasteiger partial charge in [0.15, 0.2) is 0 Å². The SMILES string of the molecule is O=C(NC1(C(=O)N2CC3CC2C3C(=O)O)CCN(Cc2ccccc2)CC1)OCC1c2ccccc2-c2ccccc21. The number of carboxylic acids is 1. The van der Waals surface area contributed by atoms with Crippen LogP contribution in [0.2, 0.25) is 0 Å². The second kappa shape index (κ2) is 10.6. The number of nitrogens with one attached hydrogen (secondary N) is 1. The molecule has 3 atom stereocenters. The Hall–Kier alpha value is -4.17. The van der Waals surface area contributed by atoms with Gasteiger partial charge < -0.3 is 20.1 Å². The summed E-state index contributed by atoms with van der Waals surface area (Å²) in [4.78, 5) is 43.4. The van der Waals surface area contributed by atoms with Gasteiger partial charge in [-0.15, -0.1) is 0 Å². The summed E-state index contributed by atoms with van der Waals surface area (Å²) in [5, 5.41) is 12.7. The molecule has 2 N–H and O–H groups in total. The van der Waals surface area contributed by atoms with Gasteiger partial charge in [-0.25, -0.2) is 4.79 Å². The predicted molar refractivity (Wildman–Crippen MR) is 157 cm³/mol. The van der Waals surface area contributed by atoms with Crippen molar-refractivity contribution >= 4 is 18.0 Å². The van der Waals surface area contributed by atoms with E-state index in [1.807, 2.05) is 42.5 Å². The molecule has 3 unspecified atom stereocenters. The summed E-state index contributed by atoms with van der Waals surface area (Å²) in [5.74, 6) is -1.63. The highest BCUT2D eigenvalue weighted by molar-refractivity contribution is 5.92. The first kappa shape index (κ1) is 26.7. The zero-order valence-electron chi connectivity index (χ0n) is 23.4. The number of hydrogen-bond acceptors (Lipinski definition) is 5. The standard InChI is InChI=1S/C34H35N3O5/c38-31(39)30-23-18-29(30)37(20-23)32(40)34(14-16-36(17-15-34)19-22-8-2-1-3-9-22)35-33(41)42-21-28-26-12-6-4-10-24(26)25-11-5-7-13-27(25)28/h1-13,23,28-30H,14-21H2,(H,35,41)(H,38,39). The number of benzene rings is 3. The average molecular weight is 566 g/mol. The molecule has 0 aromatic heterocycles. The monoisotopic (exact) mass is 565 g/mol. The zero-order chi connectivity index (χ0) is 28.8. The van der Waals surface area contributed by atoms with E-state index in [1.165, 1.54) is 5.56 Å². The molecule has 8 nitrogen and oxygen atoms in total. The molecule has 2 bridgehead atoms. The molecule has 4 fully saturated rings. The van der Waals surface area contributed by atoms with Gasteiger partial charge in [0.1, 0.15) is 12.1 Å². The maximum Gasteiger partial charge on any atom is 0.408 e. The molecule has 216 valence electrons. The number of likely N-dealkylation sites (tertiary alicyclic amines) is 1. The largest absolute Gasteiger partial charge is 0.481 e. The van der Waals surface area contributed by atoms with Crippen LogP contribution in [0.3, 0.4) is 0 Å². The molecule has 3 aromatic carbocycles. The highest BCUT2D eigenvalue weighted by Gasteiger charge is 2.60. The number of rotatable bonds is 7. The normalized spacial score (nSPS) is 23.9. The van der Waals surface area contributed by atoms with Gasteiger partial charge in [-0.05, 0) is 53.0 Å². The lowest BCUT2D eigenvalue weighted by Gasteiger charge is -2.44. The van der Waals surface area contributed by atoms with E-state index in [0.717, 1.165) is 28.8 Å². The fraction of sp³-hybridized carbons (Fsp3) is 0.382. The third kappa shape index (κ3) is 4.54. The fourth-order valence-electron chi connectivity index (χ4n) is 7.65. The van der Waals surface area contributed by atoms with Gasteiger partial charge in [0.05, 0.1) is 5.92 Å². The molecule has 2 aliphatic carbocycles. The first-order valence-electron chi connectivity index (χ1n) is 14.9. The Morgan fingerprint density at radius 1 is 0.881 bits per heavy atom. The van der Waals surface area contributed by atoms with E-state index in [9.17, 15) is 19.5 Å². The van der Waals surface area contributed by atoms with E-state index in [1.54, 1.807) is 4.90 Å². The van der Waals surface area contributed by atoms with Crippen molar-refractivity contribution in [1.29, 1.82) is 0 Å². The van der Waals surface area contributed by atoms with Gasteiger partial charge in [-0.3, -0.25) is 14.5 Å². The summed E-state index contributed by atoms with van der Waals surface area (Å²) in [7, 11) is 0. The van der Waals surface area contributed by atoms with Gasteiger partial charge in [0.25, 0.3) is 0 Å². The Bertz CT molecular complexity index is 1470. The van der Waals surface area contributed by atoms with E-state index >= 15 is 0 Å². The maximum atomic E-state index is 14.2. The number of aliphatic carboxylic acids is 1. The lowest BCUT2D eigenvalue weighted by atomic mass is 9.74. The highest BCUT2D eigenvalue weighted by atomic mass is 16.5. The third-order valence-electron chi connectivity index (χ3n) is 9.90. The number of alkyl carbamates (subject to hydrolysis) is 1. The molecule has 42 heavy (non-hydrogen) atoms. The quantitative estimate of drug-likeness (QED) is 0.438. The summed E-state index contributed by atoms with van der Waals surface area (Å²) in [6.07, 6.45) is 0.982. The molecule has 2 amide bonds. The van der Waals surface area contributed by atoms with E-state index in [0.29, 0.717) is 38.9 Å². The van der Waals surface area contributed by atoms with E-state index in [2.05, 4.69) is 46.6 Å². The second-order valence-corrected chi connectivity index (χ2v) is 12.2. The topological polar surface area (TPSA) is 99.2 Å². The molecule has 3 aliphatic heterocycles. The average Bonchev–Trinajstić information content (AvgIpc) is 3.68. The van der Waals surface area contributed by atoms with Crippen molar-refractivity contribution in [2.45, 2.75) is 43.3 Å². The summed E-state index contributed by atoms with van der Waals surface area (Å²) in [6.45, 7) is 2.64. The van der Waals surface area contributed by atoms with Crippen molar-refractivity contribution in [3.8, 4) is 11.1 Å². The smallest absolute Gasteiger partial charge is 0.408 e. The first-order chi connectivity index (χ1) is 20.4. The highest BCUT2D eigenvalue weighted by Crippen LogP contribution is 2.48. The van der Waals surface area contributed by atoms with Crippen molar-refractivity contribution in [2.24, 2.45) is 11.8 Å². The minimum atomic E-state index is -1.13. The number of amides is 2. The Balaban J connectivity index is 1.08. The molecule has 8 rings (SSSR count). The summed E-state index contributed by atoms with van der Waals surface area (Å²) in [5.41, 5.74) is 4.63. The van der Waals surface area contributed by atoms with Crippen LogP contribution in [0.5, 0.6) is 0 Å². The number of fused-ring (bicyclic) bond motifs is 4. The maximum absolute atomic E-state index is 14.2. The van der Waals surface area contributed by atoms with Crippen LogP contribution in [-0.2, 0) is 20.9 Å². The van der Waals surface area contributed by atoms with Crippen molar-refractivity contribution in [3.63, 3.8) is 0 Å². The molecule has 8 heteroatoms. The Morgan fingerprint density at radius 2 is 1.50 bits per heavy atom. The lowest BCUT2D eigenvalue weighted by Crippen LogP contribution is -2.64. The van der Waals surface area contributed by atoms with Crippen molar-refractivity contribution in [1.82, 2.24) is 15.1 Å². The van der Waals surface area contributed by atoms with Gasteiger partial charge in [-0.1, -0.05) is 78.9 Å². The number of carboxylic acid groups (broad SMARTS) is 1. The number of carbonyl (C=O) groups is 3. The molecule has 1 saturated carbocycles. The molecule has 3 heterocycles. The number of carbonyl (C=O) groups excluding carboxylic acids is 2. The van der Waals surface area contributed by atoms with E-state index in [-0.39, 0.29) is 30.4 Å². The number of nitrogens with zero attached hydrogens (tertiary/aromatic N) is 2. The Morgan fingerprint density at radius 3 is 2.12 bits per heavy atom. The van der Waals surface area contributed by atoms with Gasteiger partial charge in [0, 0.05) is 38.1 Å². The summed E-state index contributed by atoms with van der Waals surface area (Å²) < 4.78 is 5.87. The first-order valence-corrected chi connectivity index (χ1v) is 14.9. The van der Waals surface area contributed by atoms with Crippen LogP contribution in [0.1, 0.15) is 41.9 Å². The Labute approximate surface area is 245 Å². The number of hydrogen-bond donors (Lipinski definition) is 2.